The molecule has 0 aliphatic rings. The van der Waals surface area contributed by atoms with E-state index < -0.39 is 11.9 Å². The number of rotatable bonds is 3. The van der Waals surface area contributed by atoms with E-state index in [1.165, 1.54) is 6.92 Å². The predicted molar refractivity (Wildman–Crippen MR) is 98.8 cm³/mol. The highest BCUT2D eigenvalue weighted by Gasteiger charge is 2.20. The highest BCUT2D eigenvalue weighted by molar-refractivity contribution is 6.17. The fraction of sp³-hybridized carbons (Fsp3) is 0.0526. The molecule has 0 aliphatic carbocycles. The summed E-state index contributed by atoms with van der Waals surface area (Å²) in [6.45, 7) is 1.33. The Balaban J connectivity index is 1.78. The van der Waals surface area contributed by atoms with Gasteiger partial charge in [0, 0.05) is 36.4 Å². The van der Waals surface area contributed by atoms with E-state index in [1.807, 2.05) is 41.2 Å². The zero-order valence-electron chi connectivity index (χ0n) is 13.7. The van der Waals surface area contributed by atoms with Gasteiger partial charge in [0.15, 0.2) is 0 Å². The number of nitrogens with one attached hydrogen (secondary N) is 1. The zero-order valence-corrected chi connectivity index (χ0v) is 13.7. The SMILES string of the molecule is CC(=O)N(C(=O)Nc1ccc(-n2cccc2)cc1)c1cccc(N)c1. The van der Waals surface area contributed by atoms with Gasteiger partial charge in [-0.05, 0) is 54.6 Å². The number of amides is 3. The van der Waals surface area contributed by atoms with Crippen molar-refractivity contribution in [2.24, 2.45) is 0 Å². The Kier molecular flexibility index (Phi) is 4.52. The second-order valence-corrected chi connectivity index (χ2v) is 5.52. The second kappa shape index (κ2) is 6.92. The Labute approximate surface area is 145 Å². The van der Waals surface area contributed by atoms with Crippen molar-refractivity contribution in [2.75, 3.05) is 16.0 Å². The number of aromatic nitrogens is 1. The van der Waals surface area contributed by atoms with Crippen molar-refractivity contribution in [2.45, 2.75) is 6.92 Å². The van der Waals surface area contributed by atoms with Gasteiger partial charge in [-0.15, -0.1) is 0 Å². The molecule has 1 heterocycles. The summed E-state index contributed by atoms with van der Waals surface area (Å²) in [6.07, 6.45) is 3.87. The number of anilines is 3. The molecule has 0 saturated carbocycles. The van der Waals surface area contributed by atoms with Gasteiger partial charge in [-0.2, -0.15) is 0 Å². The van der Waals surface area contributed by atoms with Gasteiger partial charge in [0.2, 0.25) is 5.91 Å². The van der Waals surface area contributed by atoms with Crippen LogP contribution in [0.5, 0.6) is 0 Å². The molecule has 126 valence electrons. The number of hydrogen-bond acceptors (Lipinski definition) is 3. The van der Waals surface area contributed by atoms with E-state index in [0.717, 1.165) is 10.6 Å². The molecule has 6 nitrogen and oxygen atoms in total. The van der Waals surface area contributed by atoms with Crippen molar-refractivity contribution < 1.29 is 9.59 Å². The van der Waals surface area contributed by atoms with Gasteiger partial charge in [-0.1, -0.05) is 6.07 Å². The lowest BCUT2D eigenvalue weighted by Crippen LogP contribution is -2.38. The summed E-state index contributed by atoms with van der Waals surface area (Å²) < 4.78 is 1.96. The van der Waals surface area contributed by atoms with Crippen LogP contribution in [0.25, 0.3) is 5.69 Å². The molecule has 3 N–H and O–H groups in total. The van der Waals surface area contributed by atoms with Gasteiger partial charge in [0.1, 0.15) is 0 Å². The number of carbonyl (C=O) groups excluding carboxylic acids is 2. The molecule has 0 fully saturated rings. The molecule has 0 aliphatic heterocycles. The maximum atomic E-state index is 12.5. The van der Waals surface area contributed by atoms with E-state index in [1.54, 1.807) is 36.4 Å². The Morgan fingerprint density at radius 3 is 2.28 bits per heavy atom. The molecule has 0 unspecified atom stereocenters. The van der Waals surface area contributed by atoms with E-state index in [4.69, 9.17) is 5.73 Å². The normalized spacial score (nSPS) is 10.3. The molecule has 0 spiro atoms. The van der Waals surface area contributed by atoms with Crippen molar-refractivity contribution in [3.8, 4) is 5.69 Å². The van der Waals surface area contributed by atoms with Gasteiger partial charge in [-0.25, -0.2) is 9.69 Å². The summed E-state index contributed by atoms with van der Waals surface area (Å²) in [4.78, 5) is 25.5. The minimum absolute atomic E-state index is 0.396. The molecule has 3 amide bonds. The zero-order chi connectivity index (χ0) is 17.8. The molecule has 0 saturated heterocycles. The van der Waals surface area contributed by atoms with Crippen LogP contribution in [0, 0.1) is 0 Å². The first-order valence-corrected chi connectivity index (χ1v) is 7.75. The van der Waals surface area contributed by atoms with Crippen molar-refractivity contribution in [1.29, 1.82) is 0 Å². The number of imide groups is 1. The molecule has 2 aromatic carbocycles. The van der Waals surface area contributed by atoms with E-state index in [0.29, 0.717) is 17.1 Å². The number of benzene rings is 2. The first-order valence-electron chi connectivity index (χ1n) is 7.75. The summed E-state index contributed by atoms with van der Waals surface area (Å²) in [5, 5.41) is 2.73. The lowest BCUT2D eigenvalue weighted by atomic mass is 10.2. The average Bonchev–Trinajstić information content (AvgIpc) is 3.10. The minimum atomic E-state index is -0.535. The highest BCUT2D eigenvalue weighted by atomic mass is 16.2. The molecule has 0 radical (unpaired) electrons. The number of urea groups is 1. The van der Waals surface area contributed by atoms with Crippen molar-refractivity contribution in [3.05, 3.63) is 73.1 Å². The Morgan fingerprint density at radius 1 is 1.00 bits per heavy atom. The topological polar surface area (TPSA) is 80.4 Å². The number of carbonyl (C=O) groups is 2. The molecular formula is C19H18N4O2. The van der Waals surface area contributed by atoms with E-state index in [2.05, 4.69) is 5.32 Å². The average molecular weight is 334 g/mol. The quantitative estimate of drug-likeness (QED) is 0.718. The fourth-order valence-corrected chi connectivity index (χ4v) is 2.51. The van der Waals surface area contributed by atoms with Crippen LogP contribution < -0.4 is 16.0 Å². The van der Waals surface area contributed by atoms with Crippen molar-refractivity contribution in [3.63, 3.8) is 0 Å². The van der Waals surface area contributed by atoms with Crippen LogP contribution in [0.3, 0.4) is 0 Å². The largest absolute Gasteiger partial charge is 0.399 e. The lowest BCUT2D eigenvalue weighted by Gasteiger charge is -2.20. The maximum Gasteiger partial charge on any atom is 0.333 e. The van der Waals surface area contributed by atoms with Crippen LogP contribution in [0.2, 0.25) is 0 Å². The first-order chi connectivity index (χ1) is 12.0. The third-order valence-corrected chi connectivity index (χ3v) is 3.67. The number of nitrogen functional groups attached to an aromatic ring is 1. The Hall–Kier alpha value is -3.54. The molecule has 1 aromatic heterocycles. The molecule has 3 rings (SSSR count). The number of nitrogens with zero attached hydrogens (tertiary/aromatic N) is 2. The summed E-state index contributed by atoms with van der Waals surface area (Å²) in [7, 11) is 0. The number of hydrogen-bond donors (Lipinski definition) is 2. The molecule has 25 heavy (non-hydrogen) atoms. The summed E-state index contributed by atoms with van der Waals surface area (Å²) in [5.41, 5.74) is 8.21. The standard InChI is InChI=1S/C19H18N4O2/c1-14(24)23(18-6-4-5-15(20)13-18)19(25)21-16-7-9-17(10-8-16)22-11-2-3-12-22/h2-13H,20H2,1H3,(H,21,25). The van der Waals surface area contributed by atoms with Crippen LogP contribution >= 0.6 is 0 Å². The van der Waals surface area contributed by atoms with Gasteiger partial charge in [-0.3, -0.25) is 4.79 Å². The molecule has 6 heteroatoms. The monoisotopic (exact) mass is 334 g/mol. The third-order valence-electron chi connectivity index (χ3n) is 3.67. The maximum absolute atomic E-state index is 12.5. The van der Waals surface area contributed by atoms with Crippen LogP contribution in [-0.2, 0) is 4.79 Å². The lowest BCUT2D eigenvalue weighted by molar-refractivity contribution is -0.115. The van der Waals surface area contributed by atoms with Crippen LogP contribution in [0.1, 0.15) is 6.92 Å². The second-order valence-electron chi connectivity index (χ2n) is 5.52. The Morgan fingerprint density at radius 2 is 1.68 bits per heavy atom. The molecular weight excluding hydrogens is 316 g/mol. The third kappa shape index (κ3) is 3.69. The van der Waals surface area contributed by atoms with Gasteiger partial charge < -0.3 is 15.6 Å². The van der Waals surface area contributed by atoms with Crippen molar-refractivity contribution >= 4 is 29.0 Å². The van der Waals surface area contributed by atoms with E-state index >= 15 is 0 Å². The summed E-state index contributed by atoms with van der Waals surface area (Å²) in [6, 6.07) is 17.3. The first kappa shape index (κ1) is 16.3. The molecule has 3 aromatic rings. The highest BCUT2D eigenvalue weighted by Crippen LogP contribution is 2.20. The molecule has 0 atom stereocenters. The van der Waals surface area contributed by atoms with Crippen molar-refractivity contribution in [1.82, 2.24) is 4.57 Å². The van der Waals surface area contributed by atoms with E-state index in [9.17, 15) is 9.59 Å². The summed E-state index contributed by atoms with van der Waals surface area (Å²) >= 11 is 0. The van der Waals surface area contributed by atoms with Gasteiger partial charge in [0.05, 0.1) is 5.69 Å². The van der Waals surface area contributed by atoms with Gasteiger partial charge >= 0.3 is 6.03 Å². The smallest absolute Gasteiger partial charge is 0.333 e. The van der Waals surface area contributed by atoms with Crippen LogP contribution in [-0.4, -0.2) is 16.5 Å². The van der Waals surface area contributed by atoms with Crippen LogP contribution in [0.4, 0.5) is 21.9 Å². The predicted octanol–water partition coefficient (Wildman–Crippen LogP) is 3.64. The Bertz CT molecular complexity index is 886. The fourth-order valence-electron chi connectivity index (χ4n) is 2.51. The van der Waals surface area contributed by atoms with E-state index in [-0.39, 0.29) is 0 Å². The number of nitrogens with two attached hydrogens (primary N) is 1. The minimum Gasteiger partial charge on any atom is -0.399 e. The van der Waals surface area contributed by atoms with Gasteiger partial charge in [0.25, 0.3) is 0 Å². The molecule has 0 bridgehead atoms. The van der Waals surface area contributed by atoms with Crippen LogP contribution in [0.15, 0.2) is 73.1 Å². The summed E-state index contributed by atoms with van der Waals surface area (Å²) in [5.74, 6) is -0.396.